The van der Waals surface area contributed by atoms with Crippen molar-refractivity contribution >= 4 is 61.0 Å². The van der Waals surface area contributed by atoms with Gasteiger partial charge in [-0.1, -0.05) is 101 Å². The number of rotatable bonds is 2. The van der Waals surface area contributed by atoms with E-state index in [1.165, 1.54) is 0 Å². The van der Waals surface area contributed by atoms with Gasteiger partial charge in [0.1, 0.15) is 5.41 Å². The number of hydrogen-bond acceptors (Lipinski definition) is 4. The number of benzene rings is 3. The minimum Gasteiger partial charge on any atom is -0.352 e. The van der Waals surface area contributed by atoms with E-state index in [0.717, 1.165) is 25.8 Å². The topological polar surface area (TPSA) is 54.5 Å². The Morgan fingerprint density at radius 3 is 2.05 bits per heavy atom. The molecular weight excluding hydrogens is 594 g/mol. The lowest BCUT2D eigenvalue weighted by atomic mass is 9.63. The zero-order valence-electron chi connectivity index (χ0n) is 20.7. The lowest BCUT2D eigenvalue weighted by molar-refractivity contribution is -0.127. The largest absolute Gasteiger partial charge is 0.352 e. The average molecular weight is 619 g/mol. The Balaban J connectivity index is 1.70. The summed E-state index contributed by atoms with van der Waals surface area (Å²) >= 11 is 7.07. The Bertz CT molecular complexity index is 1480. The van der Waals surface area contributed by atoms with Gasteiger partial charge in [-0.2, -0.15) is 0 Å². The molecule has 3 atom stereocenters. The Labute approximate surface area is 233 Å². The van der Waals surface area contributed by atoms with Gasteiger partial charge in [0, 0.05) is 37.1 Å². The van der Waals surface area contributed by atoms with Crippen molar-refractivity contribution < 1.29 is 14.4 Å². The smallest absolute Gasteiger partial charge is 0.180 e. The van der Waals surface area contributed by atoms with Crippen LogP contribution in [0.25, 0.3) is 6.08 Å². The van der Waals surface area contributed by atoms with Gasteiger partial charge in [-0.15, -0.1) is 0 Å². The van der Waals surface area contributed by atoms with Crippen LogP contribution in [0.1, 0.15) is 58.5 Å². The monoisotopic (exact) mass is 617 g/mol. The number of anilines is 1. The van der Waals surface area contributed by atoms with Gasteiger partial charge in [0.25, 0.3) is 0 Å². The predicted molar refractivity (Wildman–Crippen MR) is 152 cm³/mol. The number of nitrogens with zero attached hydrogens (tertiary/aromatic N) is 1. The second-order valence-electron chi connectivity index (χ2n) is 11.1. The molecule has 4 nitrogen and oxygen atoms in total. The van der Waals surface area contributed by atoms with E-state index in [2.05, 4.69) is 36.8 Å². The zero-order chi connectivity index (χ0) is 26.3. The highest BCUT2D eigenvalue weighted by molar-refractivity contribution is 9.10. The molecule has 0 N–H and O–H groups in total. The number of fused-ring (bicyclic) bond motifs is 5. The molecule has 0 radical (unpaired) electrons. The van der Waals surface area contributed by atoms with Gasteiger partial charge in [0.15, 0.2) is 17.3 Å². The predicted octanol–water partition coefficient (Wildman–Crippen LogP) is 7.26. The third-order valence-electron chi connectivity index (χ3n) is 8.00. The fraction of sp³-hybridized carbons (Fsp3) is 0.258. The van der Waals surface area contributed by atoms with Crippen molar-refractivity contribution in [1.29, 1.82) is 0 Å². The number of carbonyl (C=O) groups excluding carboxylic acids is 3. The van der Waals surface area contributed by atoms with Crippen LogP contribution in [0.5, 0.6) is 0 Å². The molecule has 3 aromatic rings. The summed E-state index contributed by atoms with van der Waals surface area (Å²) in [6.45, 7) is 5.72. The van der Waals surface area contributed by atoms with Gasteiger partial charge in [-0.3, -0.25) is 14.4 Å². The average Bonchev–Trinajstić information content (AvgIpc) is 3.29. The lowest BCUT2D eigenvalue weighted by Gasteiger charge is -2.38. The standard InChI is InChI=1S/C31H25Br2NO3/c1-30(2,3)29(37)26-25(17-8-11-19(32)12-9-17)31(27(35)21-6-4-5-7-22(21)28(31)36)24-15-10-18-16-20(33)13-14-23(18)34(24)26/h4-16,24-26H,1-3H3/t24-,25-,26-/m0/s1. The fourth-order valence-electron chi connectivity index (χ4n) is 6.43. The van der Waals surface area contributed by atoms with Crippen LogP contribution in [0, 0.1) is 10.8 Å². The summed E-state index contributed by atoms with van der Waals surface area (Å²) in [5.41, 5.74) is 1.34. The van der Waals surface area contributed by atoms with Gasteiger partial charge in [-0.05, 0) is 41.5 Å². The van der Waals surface area contributed by atoms with Gasteiger partial charge in [0.05, 0.1) is 12.1 Å². The molecule has 2 aliphatic heterocycles. The van der Waals surface area contributed by atoms with E-state index < -0.39 is 28.8 Å². The van der Waals surface area contributed by atoms with Gasteiger partial charge >= 0.3 is 0 Å². The second kappa shape index (κ2) is 8.34. The molecule has 0 unspecified atom stereocenters. The van der Waals surface area contributed by atoms with Crippen molar-refractivity contribution in [3.63, 3.8) is 0 Å². The van der Waals surface area contributed by atoms with Gasteiger partial charge in [0.2, 0.25) is 0 Å². The highest BCUT2D eigenvalue weighted by Crippen LogP contribution is 2.61. The third kappa shape index (κ3) is 3.34. The Morgan fingerprint density at radius 2 is 1.46 bits per heavy atom. The van der Waals surface area contributed by atoms with Crippen LogP contribution in [0.3, 0.4) is 0 Å². The highest BCUT2D eigenvalue weighted by atomic mass is 79.9. The third-order valence-corrected chi connectivity index (χ3v) is 9.02. The lowest BCUT2D eigenvalue weighted by Crippen LogP contribution is -2.49. The van der Waals surface area contributed by atoms with Crippen molar-refractivity contribution in [3.05, 3.63) is 104 Å². The SMILES string of the molecule is CC(C)(C)C(=O)[C@@H]1[C@H](c2ccc(Br)cc2)C2(C(=O)c3ccccc3C2=O)[C@@H]2C=Cc3cc(Br)ccc3N12. The minimum absolute atomic E-state index is 0.00280. The highest BCUT2D eigenvalue weighted by Gasteiger charge is 2.71. The minimum atomic E-state index is -1.45. The van der Waals surface area contributed by atoms with Crippen LogP contribution >= 0.6 is 31.9 Å². The number of carbonyl (C=O) groups is 3. The Morgan fingerprint density at radius 1 is 0.865 bits per heavy atom. The van der Waals surface area contributed by atoms with Crippen molar-refractivity contribution in [1.82, 2.24) is 0 Å². The molecule has 1 saturated heterocycles. The Kier molecular flexibility index (Phi) is 5.52. The summed E-state index contributed by atoms with van der Waals surface area (Å²) in [4.78, 5) is 45.5. The Hall–Kier alpha value is -2.83. The quantitative estimate of drug-likeness (QED) is 0.284. The summed E-state index contributed by atoms with van der Waals surface area (Å²) in [5, 5.41) is 0. The maximum absolute atomic E-state index is 14.5. The molecule has 1 aliphatic carbocycles. The first kappa shape index (κ1) is 24.5. The van der Waals surface area contributed by atoms with E-state index in [-0.39, 0.29) is 17.3 Å². The summed E-state index contributed by atoms with van der Waals surface area (Å²) in [6.07, 6.45) is 3.94. The fourth-order valence-corrected chi connectivity index (χ4v) is 7.08. The van der Waals surface area contributed by atoms with Crippen LogP contribution in [0.2, 0.25) is 0 Å². The van der Waals surface area contributed by atoms with E-state index in [1.54, 1.807) is 24.3 Å². The molecule has 186 valence electrons. The molecular formula is C31H25Br2NO3. The van der Waals surface area contributed by atoms with Crippen molar-refractivity contribution in [2.75, 3.05) is 4.90 Å². The van der Waals surface area contributed by atoms with Crippen LogP contribution in [-0.4, -0.2) is 29.4 Å². The molecule has 1 fully saturated rings. The summed E-state index contributed by atoms with van der Waals surface area (Å²) in [5.74, 6) is -1.07. The normalized spacial score (nSPS) is 23.3. The van der Waals surface area contributed by atoms with E-state index >= 15 is 0 Å². The molecule has 3 aromatic carbocycles. The van der Waals surface area contributed by atoms with E-state index in [9.17, 15) is 14.4 Å². The first-order chi connectivity index (χ1) is 17.6. The maximum atomic E-state index is 14.5. The number of Topliss-reactive ketones (excluding diaryl/α,β-unsaturated/α-hetero) is 3. The maximum Gasteiger partial charge on any atom is 0.180 e. The van der Waals surface area contributed by atoms with Crippen molar-refractivity contribution in [2.45, 2.75) is 38.8 Å². The molecule has 1 spiro atoms. The van der Waals surface area contributed by atoms with Crippen LogP contribution in [0.15, 0.2) is 81.8 Å². The molecule has 6 rings (SSSR count). The van der Waals surface area contributed by atoms with Crippen molar-refractivity contribution in [3.8, 4) is 0 Å². The van der Waals surface area contributed by atoms with E-state index in [0.29, 0.717) is 11.1 Å². The molecule has 37 heavy (non-hydrogen) atoms. The van der Waals surface area contributed by atoms with Gasteiger partial charge in [-0.25, -0.2) is 0 Å². The zero-order valence-corrected chi connectivity index (χ0v) is 23.8. The molecule has 0 amide bonds. The van der Waals surface area contributed by atoms with Crippen LogP contribution in [-0.2, 0) is 4.79 Å². The van der Waals surface area contributed by atoms with Gasteiger partial charge < -0.3 is 4.90 Å². The van der Waals surface area contributed by atoms with Crippen LogP contribution in [0.4, 0.5) is 5.69 Å². The summed E-state index contributed by atoms with van der Waals surface area (Å²) in [7, 11) is 0. The molecule has 0 aromatic heterocycles. The van der Waals surface area contributed by atoms with Crippen molar-refractivity contribution in [2.24, 2.45) is 10.8 Å². The first-order valence-electron chi connectivity index (χ1n) is 12.3. The number of halogens is 2. The molecule has 6 heteroatoms. The molecule has 3 aliphatic rings. The van der Waals surface area contributed by atoms with Crippen LogP contribution < -0.4 is 4.90 Å². The van der Waals surface area contributed by atoms with E-state index in [1.807, 2.05) is 75.4 Å². The molecule has 2 heterocycles. The van der Waals surface area contributed by atoms with E-state index in [4.69, 9.17) is 0 Å². The number of ketones is 3. The first-order valence-corrected chi connectivity index (χ1v) is 13.9. The summed E-state index contributed by atoms with van der Waals surface area (Å²) in [6, 6.07) is 19.4. The summed E-state index contributed by atoms with van der Waals surface area (Å²) < 4.78 is 1.81. The number of hydrogen-bond donors (Lipinski definition) is 0. The molecule has 0 bridgehead atoms. The second-order valence-corrected chi connectivity index (χ2v) is 12.9. The molecule has 0 saturated carbocycles.